The van der Waals surface area contributed by atoms with E-state index in [0.717, 1.165) is 23.1 Å². The first-order chi connectivity index (χ1) is 12.0. The zero-order valence-corrected chi connectivity index (χ0v) is 15.2. The van der Waals surface area contributed by atoms with Crippen molar-refractivity contribution in [3.05, 3.63) is 17.8 Å². The van der Waals surface area contributed by atoms with Crippen molar-refractivity contribution in [3.8, 4) is 6.07 Å². The summed E-state index contributed by atoms with van der Waals surface area (Å²) < 4.78 is 4.99. The Kier molecular flexibility index (Phi) is 5.20. The molecule has 2 heterocycles. The fourth-order valence-corrected chi connectivity index (χ4v) is 3.98. The van der Waals surface area contributed by atoms with Gasteiger partial charge in [-0.2, -0.15) is 5.26 Å². The minimum Gasteiger partial charge on any atom is -0.455 e. The molecule has 0 bridgehead atoms. The fourth-order valence-electron chi connectivity index (χ4n) is 2.41. The predicted molar refractivity (Wildman–Crippen MR) is 94.0 cm³/mol. The van der Waals surface area contributed by atoms with E-state index >= 15 is 0 Å². The molecule has 0 radical (unpaired) electrons. The molecule has 1 fully saturated rings. The van der Waals surface area contributed by atoms with E-state index in [9.17, 15) is 14.9 Å². The molecule has 9 heteroatoms. The minimum atomic E-state index is -0.885. The highest BCUT2D eigenvalue weighted by Crippen LogP contribution is 2.39. The highest BCUT2D eigenvalue weighted by atomic mass is 32.2. The standard InChI is InChI=1S/C16H16N4O3S2/c1-16(8-17,10-2-3-10)20-12(21)6-23-13(22)7-25-15-11-4-5-24-14(11)18-9-19-15/h4-5,9-10H,2-3,6-7H2,1H3,(H,20,21)/t16-/m1/s1. The van der Waals surface area contributed by atoms with Crippen LogP contribution in [0.1, 0.15) is 19.8 Å². The molecule has 0 unspecified atom stereocenters. The van der Waals surface area contributed by atoms with Crippen molar-refractivity contribution in [2.24, 2.45) is 5.92 Å². The van der Waals surface area contributed by atoms with E-state index in [1.165, 1.54) is 29.4 Å². The number of thioether (sulfide) groups is 1. The molecule has 0 spiro atoms. The van der Waals surface area contributed by atoms with E-state index in [1.54, 1.807) is 6.92 Å². The maximum atomic E-state index is 11.9. The summed E-state index contributed by atoms with van der Waals surface area (Å²) in [5, 5.41) is 15.4. The Morgan fingerprint density at radius 1 is 1.52 bits per heavy atom. The van der Waals surface area contributed by atoms with Gasteiger partial charge < -0.3 is 10.1 Å². The number of fused-ring (bicyclic) bond motifs is 1. The van der Waals surface area contributed by atoms with Crippen molar-refractivity contribution in [2.45, 2.75) is 30.3 Å². The molecule has 0 aliphatic heterocycles. The average Bonchev–Trinajstić information content (AvgIpc) is 3.36. The number of carbonyl (C=O) groups excluding carboxylic acids is 2. The van der Waals surface area contributed by atoms with E-state index in [0.29, 0.717) is 5.03 Å². The van der Waals surface area contributed by atoms with Crippen LogP contribution in [0.2, 0.25) is 0 Å². The van der Waals surface area contributed by atoms with Crippen LogP contribution in [0.15, 0.2) is 22.8 Å². The number of nitrogens with zero attached hydrogens (tertiary/aromatic N) is 3. The number of esters is 1. The first-order valence-electron chi connectivity index (χ1n) is 7.71. The van der Waals surface area contributed by atoms with Crippen molar-refractivity contribution in [3.63, 3.8) is 0 Å². The van der Waals surface area contributed by atoms with Gasteiger partial charge in [0.1, 0.15) is 21.7 Å². The molecule has 3 rings (SSSR count). The van der Waals surface area contributed by atoms with E-state index in [4.69, 9.17) is 4.74 Å². The molecule has 7 nitrogen and oxygen atoms in total. The van der Waals surface area contributed by atoms with Crippen LogP contribution in [0.4, 0.5) is 0 Å². The second-order valence-electron chi connectivity index (χ2n) is 5.90. The number of ether oxygens (including phenoxy) is 1. The van der Waals surface area contributed by atoms with Crippen LogP contribution < -0.4 is 5.32 Å². The SMILES string of the molecule is C[C@](C#N)(NC(=O)COC(=O)CSc1ncnc2sccc12)C1CC1. The number of nitrogens with one attached hydrogen (secondary N) is 1. The lowest BCUT2D eigenvalue weighted by atomic mass is 9.98. The van der Waals surface area contributed by atoms with Crippen molar-refractivity contribution in [1.29, 1.82) is 5.26 Å². The summed E-state index contributed by atoms with van der Waals surface area (Å²) in [6.07, 6.45) is 3.31. The van der Waals surface area contributed by atoms with Crippen molar-refractivity contribution in [1.82, 2.24) is 15.3 Å². The van der Waals surface area contributed by atoms with Gasteiger partial charge in [0.2, 0.25) is 0 Å². The Labute approximate surface area is 152 Å². The Balaban J connectivity index is 1.46. The molecule has 1 amide bonds. The van der Waals surface area contributed by atoms with Gasteiger partial charge in [-0.25, -0.2) is 9.97 Å². The Morgan fingerprint density at radius 2 is 2.32 bits per heavy atom. The molecule has 25 heavy (non-hydrogen) atoms. The first kappa shape index (κ1) is 17.6. The lowest BCUT2D eigenvalue weighted by molar-refractivity contribution is -0.146. The number of amides is 1. The Bertz CT molecular complexity index is 843. The lowest BCUT2D eigenvalue weighted by Gasteiger charge is -2.22. The number of nitriles is 1. The van der Waals surface area contributed by atoms with E-state index in [1.807, 2.05) is 11.4 Å². The minimum absolute atomic E-state index is 0.0490. The van der Waals surface area contributed by atoms with Crippen LogP contribution in [0.3, 0.4) is 0 Å². The number of hydrogen-bond donors (Lipinski definition) is 1. The molecule has 1 atom stereocenters. The van der Waals surface area contributed by atoms with Crippen LogP contribution in [0.25, 0.3) is 10.2 Å². The first-order valence-corrected chi connectivity index (χ1v) is 9.57. The number of aromatic nitrogens is 2. The van der Waals surface area contributed by atoms with Gasteiger partial charge in [-0.15, -0.1) is 11.3 Å². The van der Waals surface area contributed by atoms with Crippen LogP contribution >= 0.6 is 23.1 Å². The Morgan fingerprint density at radius 3 is 3.04 bits per heavy atom. The molecule has 130 valence electrons. The molecular weight excluding hydrogens is 360 g/mol. The maximum absolute atomic E-state index is 11.9. The molecular formula is C16H16N4O3S2. The Hall–Kier alpha value is -2.18. The van der Waals surface area contributed by atoms with Crippen LogP contribution in [-0.4, -0.2) is 39.7 Å². The average molecular weight is 376 g/mol. The van der Waals surface area contributed by atoms with Gasteiger partial charge in [0.25, 0.3) is 5.91 Å². The topological polar surface area (TPSA) is 105 Å². The van der Waals surface area contributed by atoms with E-state index in [-0.39, 0.29) is 18.3 Å². The van der Waals surface area contributed by atoms with Crippen LogP contribution in [0.5, 0.6) is 0 Å². The van der Waals surface area contributed by atoms with E-state index in [2.05, 4.69) is 21.4 Å². The second-order valence-corrected chi connectivity index (χ2v) is 7.76. The highest BCUT2D eigenvalue weighted by molar-refractivity contribution is 8.00. The van der Waals surface area contributed by atoms with Gasteiger partial charge in [0.15, 0.2) is 6.61 Å². The largest absolute Gasteiger partial charge is 0.455 e. The fraction of sp³-hybridized carbons (Fsp3) is 0.438. The number of hydrogen-bond acceptors (Lipinski definition) is 8. The van der Waals surface area contributed by atoms with Crippen LogP contribution in [0, 0.1) is 17.2 Å². The normalized spacial score (nSPS) is 16.0. The molecule has 2 aromatic rings. The third kappa shape index (κ3) is 4.27. The summed E-state index contributed by atoms with van der Waals surface area (Å²) in [7, 11) is 0. The highest BCUT2D eigenvalue weighted by Gasteiger charge is 2.43. The van der Waals surface area contributed by atoms with Crippen molar-refractivity contribution in [2.75, 3.05) is 12.4 Å². The summed E-state index contributed by atoms with van der Waals surface area (Å²) in [5.41, 5.74) is -0.885. The monoisotopic (exact) mass is 376 g/mol. The summed E-state index contributed by atoms with van der Waals surface area (Å²) in [5.74, 6) is -0.741. The molecule has 2 aromatic heterocycles. The third-order valence-electron chi connectivity index (χ3n) is 3.94. The quantitative estimate of drug-likeness (QED) is 0.448. The van der Waals surface area contributed by atoms with E-state index < -0.39 is 17.4 Å². The van der Waals surface area contributed by atoms with Crippen LogP contribution in [-0.2, 0) is 14.3 Å². The van der Waals surface area contributed by atoms with Gasteiger partial charge in [-0.05, 0) is 37.1 Å². The summed E-state index contributed by atoms with van der Waals surface area (Å²) in [4.78, 5) is 32.9. The molecule has 0 saturated heterocycles. The summed E-state index contributed by atoms with van der Waals surface area (Å²) >= 11 is 2.75. The second kappa shape index (κ2) is 7.37. The molecule has 1 aliphatic carbocycles. The van der Waals surface area contributed by atoms with Gasteiger partial charge in [0.05, 0.1) is 11.8 Å². The molecule has 1 N–H and O–H groups in total. The summed E-state index contributed by atoms with van der Waals surface area (Å²) in [6, 6.07) is 4.03. The smallest absolute Gasteiger partial charge is 0.316 e. The third-order valence-corrected chi connectivity index (χ3v) is 5.74. The summed E-state index contributed by atoms with van der Waals surface area (Å²) in [6.45, 7) is 1.31. The van der Waals surface area contributed by atoms with Crippen molar-refractivity contribution < 1.29 is 14.3 Å². The number of rotatable bonds is 7. The predicted octanol–water partition coefficient (Wildman–Crippen LogP) is 2.14. The number of thiophene rings is 1. The number of carbonyl (C=O) groups is 2. The van der Waals surface area contributed by atoms with Gasteiger partial charge in [-0.1, -0.05) is 11.8 Å². The zero-order valence-electron chi connectivity index (χ0n) is 13.5. The maximum Gasteiger partial charge on any atom is 0.316 e. The van der Waals surface area contributed by atoms with Gasteiger partial charge in [0, 0.05) is 5.39 Å². The van der Waals surface area contributed by atoms with Gasteiger partial charge >= 0.3 is 5.97 Å². The van der Waals surface area contributed by atoms with Crippen molar-refractivity contribution >= 4 is 45.2 Å². The zero-order chi connectivity index (χ0) is 17.9. The molecule has 0 aromatic carbocycles. The van der Waals surface area contributed by atoms with Gasteiger partial charge in [-0.3, -0.25) is 9.59 Å². The lowest BCUT2D eigenvalue weighted by Crippen LogP contribution is -2.48. The molecule has 1 saturated carbocycles. The molecule has 1 aliphatic rings.